The lowest BCUT2D eigenvalue weighted by Gasteiger charge is -2.25. The maximum atomic E-state index is 12.3. The molecule has 2 saturated heterocycles. The molecule has 2 aliphatic heterocycles. The second-order valence-corrected chi connectivity index (χ2v) is 5.55. The van der Waals surface area contributed by atoms with E-state index < -0.39 is 6.29 Å². The normalized spacial score (nSPS) is 40.5. The van der Waals surface area contributed by atoms with Gasteiger partial charge in [-0.15, -0.1) is 0 Å². The Morgan fingerprint density at radius 3 is 3.00 bits per heavy atom. The lowest BCUT2D eigenvalue weighted by atomic mass is 9.99. The summed E-state index contributed by atoms with van der Waals surface area (Å²) in [5.41, 5.74) is 0. The highest BCUT2D eigenvalue weighted by molar-refractivity contribution is 5.84. The van der Waals surface area contributed by atoms with Crippen LogP contribution in [0.3, 0.4) is 0 Å². The van der Waals surface area contributed by atoms with Crippen LogP contribution < -0.4 is 10.6 Å². The molecule has 0 aromatic heterocycles. The van der Waals surface area contributed by atoms with Gasteiger partial charge in [0.05, 0.1) is 12.5 Å². The molecule has 1 aliphatic carbocycles. The fourth-order valence-corrected chi connectivity index (χ4v) is 3.39. The molecule has 1 amide bonds. The lowest BCUT2D eigenvalue weighted by Crippen LogP contribution is -2.52. The van der Waals surface area contributed by atoms with Crippen LogP contribution in [0.4, 0.5) is 0 Å². The van der Waals surface area contributed by atoms with Crippen molar-refractivity contribution < 1.29 is 19.1 Å². The molecule has 2 N–H and O–H groups in total. The molecule has 0 aromatic rings. The molecule has 3 fully saturated rings. The summed E-state index contributed by atoms with van der Waals surface area (Å²) in [7, 11) is 0. The first-order valence-electron chi connectivity index (χ1n) is 7.05. The van der Waals surface area contributed by atoms with Gasteiger partial charge in [-0.25, -0.2) is 0 Å². The van der Waals surface area contributed by atoms with E-state index in [1.165, 1.54) is 6.42 Å². The predicted molar refractivity (Wildman–Crippen MR) is 66.1 cm³/mol. The minimum Gasteiger partial charge on any atom is -0.433 e. The Labute approximate surface area is 112 Å². The van der Waals surface area contributed by atoms with Crippen LogP contribution in [0, 0.1) is 5.92 Å². The van der Waals surface area contributed by atoms with Gasteiger partial charge in [-0.2, -0.15) is 0 Å². The van der Waals surface area contributed by atoms with Crippen LogP contribution in [-0.2, 0) is 19.1 Å². The van der Waals surface area contributed by atoms with Crippen molar-refractivity contribution in [3.8, 4) is 0 Å². The summed E-state index contributed by atoms with van der Waals surface area (Å²) in [4.78, 5) is 23.6. The second-order valence-electron chi connectivity index (χ2n) is 5.55. The van der Waals surface area contributed by atoms with E-state index in [0.717, 1.165) is 12.8 Å². The lowest BCUT2D eigenvalue weighted by molar-refractivity contribution is -0.164. The molecule has 19 heavy (non-hydrogen) atoms. The molecule has 0 spiro atoms. The Morgan fingerprint density at radius 1 is 1.53 bits per heavy atom. The zero-order valence-electron chi connectivity index (χ0n) is 11.1. The average molecular weight is 268 g/mol. The SMILES string of the molecule is CCO[C@@H]1OC(=O)C[C@@H]1NC(=O)[C@H]1N[C@@H]2CC[C@H]1C2. The van der Waals surface area contributed by atoms with Gasteiger partial charge < -0.3 is 20.1 Å². The van der Waals surface area contributed by atoms with Crippen LogP contribution in [-0.4, -0.2) is 42.9 Å². The van der Waals surface area contributed by atoms with Crippen molar-refractivity contribution in [3.05, 3.63) is 0 Å². The number of carbonyl (C=O) groups excluding carboxylic acids is 2. The highest BCUT2D eigenvalue weighted by atomic mass is 16.7. The Morgan fingerprint density at radius 2 is 2.37 bits per heavy atom. The van der Waals surface area contributed by atoms with Crippen molar-refractivity contribution in [2.24, 2.45) is 5.92 Å². The number of fused-ring (bicyclic) bond motifs is 2. The van der Waals surface area contributed by atoms with E-state index in [9.17, 15) is 9.59 Å². The third kappa shape index (κ3) is 2.47. The first-order valence-corrected chi connectivity index (χ1v) is 7.05. The Kier molecular flexibility index (Phi) is 3.45. The number of carbonyl (C=O) groups is 2. The number of amides is 1. The molecule has 5 atom stereocenters. The molecule has 0 aromatic carbocycles. The van der Waals surface area contributed by atoms with Crippen LogP contribution in [0.5, 0.6) is 0 Å². The molecule has 2 heterocycles. The van der Waals surface area contributed by atoms with Crippen molar-refractivity contribution in [1.29, 1.82) is 0 Å². The van der Waals surface area contributed by atoms with E-state index in [0.29, 0.717) is 18.6 Å². The number of ether oxygens (including phenoxy) is 2. The molecule has 2 bridgehead atoms. The predicted octanol–water partition coefficient (Wildman–Crippen LogP) is -0.0788. The van der Waals surface area contributed by atoms with Gasteiger partial charge in [0.25, 0.3) is 0 Å². The first-order chi connectivity index (χ1) is 9.17. The van der Waals surface area contributed by atoms with E-state index in [1.807, 2.05) is 6.92 Å². The molecule has 6 nitrogen and oxygen atoms in total. The monoisotopic (exact) mass is 268 g/mol. The number of hydrogen-bond acceptors (Lipinski definition) is 5. The van der Waals surface area contributed by atoms with E-state index in [2.05, 4.69) is 10.6 Å². The Hall–Kier alpha value is -1.14. The largest absolute Gasteiger partial charge is 0.433 e. The van der Waals surface area contributed by atoms with E-state index in [1.54, 1.807) is 0 Å². The molecular formula is C13H20N2O4. The van der Waals surface area contributed by atoms with Crippen LogP contribution in [0.25, 0.3) is 0 Å². The van der Waals surface area contributed by atoms with Crippen LogP contribution >= 0.6 is 0 Å². The van der Waals surface area contributed by atoms with E-state index in [4.69, 9.17) is 9.47 Å². The molecular weight excluding hydrogens is 248 g/mol. The van der Waals surface area contributed by atoms with Gasteiger partial charge in [-0.05, 0) is 32.1 Å². The standard InChI is InChI=1S/C13H20N2O4/c1-2-18-13-9(6-10(16)19-13)15-12(17)11-7-3-4-8(5-7)14-11/h7-9,11,13-14H,2-6H2,1H3,(H,15,17)/t7-,8+,9-,11-,13+/m0/s1. The highest BCUT2D eigenvalue weighted by Gasteiger charge is 2.44. The molecule has 1 saturated carbocycles. The van der Waals surface area contributed by atoms with Gasteiger partial charge in [-0.1, -0.05) is 0 Å². The number of hydrogen-bond donors (Lipinski definition) is 2. The number of cyclic esters (lactones) is 1. The third-order valence-corrected chi connectivity index (χ3v) is 4.26. The van der Waals surface area contributed by atoms with Crippen LogP contribution in [0.2, 0.25) is 0 Å². The van der Waals surface area contributed by atoms with Gasteiger partial charge in [0, 0.05) is 12.6 Å². The molecule has 0 unspecified atom stereocenters. The van der Waals surface area contributed by atoms with Gasteiger partial charge in [0.2, 0.25) is 12.2 Å². The quantitative estimate of drug-likeness (QED) is 0.698. The zero-order valence-corrected chi connectivity index (χ0v) is 11.1. The molecule has 106 valence electrons. The number of esters is 1. The van der Waals surface area contributed by atoms with Crippen LogP contribution in [0.1, 0.15) is 32.6 Å². The van der Waals surface area contributed by atoms with Crippen LogP contribution in [0.15, 0.2) is 0 Å². The van der Waals surface area contributed by atoms with Gasteiger partial charge in [0.15, 0.2) is 0 Å². The molecule has 0 radical (unpaired) electrons. The number of piperidine rings is 1. The smallest absolute Gasteiger partial charge is 0.310 e. The van der Waals surface area contributed by atoms with Crippen molar-refractivity contribution in [1.82, 2.24) is 10.6 Å². The van der Waals surface area contributed by atoms with Gasteiger partial charge in [0.1, 0.15) is 6.04 Å². The van der Waals surface area contributed by atoms with Crippen molar-refractivity contribution in [2.75, 3.05) is 6.61 Å². The molecule has 3 rings (SSSR count). The number of nitrogens with one attached hydrogen (secondary N) is 2. The highest BCUT2D eigenvalue weighted by Crippen LogP contribution is 2.35. The van der Waals surface area contributed by atoms with E-state index in [-0.39, 0.29) is 30.4 Å². The summed E-state index contributed by atoms with van der Waals surface area (Å²) >= 11 is 0. The summed E-state index contributed by atoms with van der Waals surface area (Å²) in [6.45, 7) is 2.29. The Balaban J connectivity index is 1.58. The second kappa shape index (κ2) is 5.09. The fraction of sp³-hybridized carbons (Fsp3) is 0.846. The maximum absolute atomic E-state index is 12.3. The van der Waals surface area contributed by atoms with Gasteiger partial charge >= 0.3 is 5.97 Å². The summed E-state index contributed by atoms with van der Waals surface area (Å²) in [6, 6.07) is 0.0162. The summed E-state index contributed by atoms with van der Waals surface area (Å²) in [6.07, 6.45) is 2.93. The fourth-order valence-electron chi connectivity index (χ4n) is 3.39. The minimum atomic E-state index is -0.639. The summed E-state index contributed by atoms with van der Waals surface area (Å²) in [5, 5.41) is 6.24. The third-order valence-electron chi connectivity index (χ3n) is 4.26. The van der Waals surface area contributed by atoms with Gasteiger partial charge in [-0.3, -0.25) is 9.59 Å². The summed E-state index contributed by atoms with van der Waals surface area (Å²) < 4.78 is 10.4. The maximum Gasteiger partial charge on any atom is 0.310 e. The van der Waals surface area contributed by atoms with Crippen molar-refractivity contribution >= 4 is 11.9 Å². The van der Waals surface area contributed by atoms with E-state index >= 15 is 0 Å². The Bertz CT molecular complexity index is 387. The molecule has 6 heteroatoms. The van der Waals surface area contributed by atoms with Crippen molar-refractivity contribution in [2.45, 2.75) is 57.0 Å². The number of rotatable bonds is 4. The first kappa shape index (κ1) is 12.9. The zero-order chi connectivity index (χ0) is 13.4. The molecule has 3 aliphatic rings. The minimum absolute atomic E-state index is 0.0276. The topological polar surface area (TPSA) is 76.7 Å². The average Bonchev–Trinajstić information content (AvgIpc) is 3.06. The van der Waals surface area contributed by atoms with Crippen molar-refractivity contribution in [3.63, 3.8) is 0 Å². The summed E-state index contributed by atoms with van der Waals surface area (Å²) in [5.74, 6) is 0.0958.